The number of aliphatic hydroxyl groups excluding tert-OH is 1. The van der Waals surface area contributed by atoms with Crippen LogP contribution in [-0.4, -0.2) is 102 Å². The summed E-state index contributed by atoms with van der Waals surface area (Å²) in [4.78, 5) is 39.1. The second kappa shape index (κ2) is 18.3. The van der Waals surface area contributed by atoms with Gasteiger partial charge in [0.05, 0.1) is 118 Å². The van der Waals surface area contributed by atoms with E-state index in [0.29, 0.717) is 80.3 Å². The molecule has 16 heteroatoms. The van der Waals surface area contributed by atoms with Crippen molar-refractivity contribution in [2.24, 2.45) is 15.0 Å². The number of aromatic nitrogens is 6. The molecule has 7 rings (SSSR count). The molecule has 3 aromatic heterocycles. The molecule has 6 heterocycles. The monoisotopic (exact) mass is 783 g/mol. The lowest BCUT2D eigenvalue weighted by Crippen LogP contribution is -2.42. The molecule has 0 aliphatic carbocycles. The van der Waals surface area contributed by atoms with Crippen LogP contribution in [0.2, 0.25) is 18.1 Å². The summed E-state index contributed by atoms with van der Waals surface area (Å²) in [6.45, 7) is 19.8. The van der Waals surface area contributed by atoms with Gasteiger partial charge in [-0.25, -0.2) is 15.0 Å². The highest BCUT2D eigenvalue weighted by molar-refractivity contribution is 6.74. The molecule has 298 valence electrons. The fourth-order valence-electron chi connectivity index (χ4n) is 5.88. The molecule has 3 aliphatic rings. The summed E-state index contributed by atoms with van der Waals surface area (Å²) in [6.07, 6.45) is 0. The molecule has 0 spiro atoms. The van der Waals surface area contributed by atoms with Crippen LogP contribution in [-0.2, 0) is 35.4 Å². The second-order valence-corrected chi connectivity index (χ2v) is 19.6. The van der Waals surface area contributed by atoms with E-state index in [1.807, 2.05) is 44.2 Å². The van der Waals surface area contributed by atoms with Crippen LogP contribution in [0, 0.1) is 20.8 Å². The standard InChI is InChI=1S/C16H17N3O2.C15H25N3O2Si.C9H11N3O2/c1-11-18-13-8-17-14(15(13)16(19-11)20-2)10-21-9-12-6-4-3-5-7-12;1-10-17-11-8-16-12(13(11)14(18-10)19-5)9-20-21(6,7)15(2,3)4;1-5-11-6-3-10-7(4-13)8(6)9(12-5)14-2/h3-7H,8-10H2,1-2H3;8-9H2,1-7H3;13H,3-4H2,1-2H3. The Bertz CT molecular complexity index is 2120. The fraction of sp³-hybridized carbons (Fsp3) is 0.475. The quantitative estimate of drug-likeness (QED) is 0.189. The van der Waals surface area contributed by atoms with Gasteiger partial charge in [0.1, 0.15) is 17.5 Å². The molecular weight excluding hydrogens is 731 g/mol. The molecule has 0 amide bonds. The van der Waals surface area contributed by atoms with E-state index in [-0.39, 0.29) is 11.6 Å². The fourth-order valence-corrected chi connectivity index (χ4v) is 6.81. The first kappa shape index (κ1) is 42.1. The van der Waals surface area contributed by atoms with E-state index >= 15 is 0 Å². The van der Waals surface area contributed by atoms with E-state index in [1.165, 1.54) is 0 Å². The number of ether oxygens (including phenoxy) is 4. The number of hydrogen-bond donors (Lipinski definition) is 1. The molecule has 15 nitrogen and oxygen atoms in total. The van der Waals surface area contributed by atoms with Crippen molar-refractivity contribution in [2.45, 2.75) is 85.9 Å². The SMILES string of the molecule is COc1nc(C)nc2c1C(CO)=NC2.COc1nc(C)nc2c1C(COCc1ccccc1)=NC2.COc1nc(C)nc2c1C(CO[Si](C)(C)C(C)(C)C)=NC2. The van der Waals surface area contributed by atoms with E-state index in [1.54, 1.807) is 28.3 Å². The van der Waals surface area contributed by atoms with Crippen LogP contribution in [0.4, 0.5) is 0 Å². The number of aliphatic hydroxyl groups is 1. The van der Waals surface area contributed by atoms with Crippen LogP contribution in [0.15, 0.2) is 45.3 Å². The van der Waals surface area contributed by atoms with Crippen molar-refractivity contribution in [2.75, 3.05) is 41.2 Å². The third kappa shape index (κ3) is 9.85. The Kier molecular flexibility index (Phi) is 13.7. The number of benzene rings is 1. The predicted molar refractivity (Wildman–Crippen MR) is 217 cm³/mol. The summed E-state index contributed by atoms with van der Waals surface area (Å²) < 4.78 is 27.9. The van der Waals surface area contributed by atoms with Gasteiger partial charge in [-0.1, -0.05) is 51.1 Å². The molecule has 1 aromatic carbocycles. The molecular formula is C40H53N9O6Si. The maximum Gasteiger partial charge on any atom is 0.226 e. The van der Waals surface area contributed by atoms with Crippen LogP contribution in [0.25, 0.3) is 0 Å². The number of methoxy groups -OCH3 is 3. The Labute approximate surface area is 329 Å². The van der Waals surface area contributed by atoms with Crippen LogP contribution >= 0.6 is 0 Å². The molecule has 4 aromatic rings. The van der Waals surface area contributed by atoms with Crippen molar-refractivity contribution in [1.82, 2.24) is 29.9 Å². The summed E-state index contributed by atoms with van der Waals surface area (Å²) in [5.74, 6) is 3.76. The van der Waals surface area contributed by atoms with E-state index in [9.17, 15) is 0 Å². The van der Waals surface area contributed by atoms with Crippen molar-refractivity contribution in [3.8, 4) is 17.6 Å². The molecule has 0 radical (unpaired) electrons. The van der Waals surface area contributed by atoms with E-state index in [2.05, 4.69) is 78.7 Å². The van der Waals surface area contributed by atoms with Crippen LogP contribution in [0.5, 0.6) is 17.6 Å². The Morgan fingerprint density at radius 1 is 0.589 bits per heavy atom. The molecule has 1 N–H and O–H groups in total. The summed E-state index contributed by atoms with van der Waals surface area (Å²) in [5.41, 5.74) is 8.76. The second-order valence-electron chi connectivity index (χ2n) is 14.8. The number of fused-ring (bicyclic) bond motifs is 3. The number of aliphatic imine (C=N–C) groups is 3. The lowest BCUT2D eigenvalue weighted by molar-refractivity contribution is 0.158. The van der Waals surface area contributed by atoms with Crippen molar-refractivity contribution in [3.63, 3.8) is 0 Å². The van der Waals surface area contributed by atoms with Gasteiger partial charge in [0, 0.05) is 0 Å². The molecule has 0 fully saturated rings. The first-order chi connectivity index (χ1) is 26.7. The Morgan fingerprint density at radius 3 is 1.41 bits per heavy atom. The van der Waals surface area contributed by atoms with Gasteiger partial charge in [0.15, 0.2) is 8.32 Å². The summed E-state index contributed by atoms with van der Waals surface area (Å²) in [5, 5.41) is 9.24. The Balaban J connectivity index is 0.000000164. The average molecular weight is 784 g/mol. The number of nitrogens with zero attached hydrogens (tertiary/aromatic N) is 9. The third-order valence-corrected chi connectivity index (χ3v) is 14.2. The minimum atomic E-state index is -1.79. The van der Waals surface area contributed by atoms with Gasteiger partial charge in [0.2, 0.25) is 17.6 Å². The van der Waals surface area contributed by atoms with Gasteiger partial charge < -0.3 is 28.5 Å². The Morgan fingerprint density at radius 2 is 1.00 bits per heavy atom. The lowest BCUT2D eigenvalue weighted by atomic mass is 10.1. The van der Waals surface area contributed by atoms with Gasteiger partial charge in [0.25, 0.3) is 0 Å². The zero-order valence-electron chi connectivity index (χ0n) is 34.3. The van der Waals surface area contributed by atoms with Crippen LogP contribution in [0.1, 0.15) is 77.6 Å². The molecule has 0 saturated carbocycles. The van der Waals surface area contributed by atoms with Gasteiger partial charge in [-0.3, -0.25) is 15.0 Å². The first-order valence-corrected chi connectivity index (χ1v) is 21.3. The van der Waals surface area contributed by atoms with Crippen LogP contribution < -0.4 is 14.2 Å². The van der Waals surface area contributed by atoms with E-state index < -0.39 is 8.32 Å². The van der Waals surface area contributed by atoms with Gasteiger partial charge in [-0.15, -0.1) is 0 Å². The van der Waals surface area contributed by atoms with Gasteiger partial charge in [-0.2, -0.15) is 15.0 Å². The number of rotatable bonds is 11. The summed E-state index contributed by atoms with van der Waals surface area (Å²) in [7, 11) is 3.00. The normalized spacial score (nSPS) is 13.9. The van der Waals surface area contributed by atoms with E-state index in [4.69, 9.17) is 28.5 Å². The largest absolute Gasteiger partial charge is 0.480 e. The summed E-state index contributed by atoms with van der Waals surface area (Å²) in [6, 6.07) is 10.1. The maximum absolute atomic E-state index is 9.06. The van der Waals surface area contributed by atoms with E-state index in [0.717, 1.165) is 50.8 Å². The molecule has 0 saturated heterocycles. The van der Waals surface area contributed by atoms with Crippen molar-refractivity contribution >= 4 is 25.5 Å². The smallest absolute Gasteiger partial charge is 0.226 e. The first-order valence-electron chi connectivity index (χ1n) is 18.4. The highest BCUT2D eigenvalue weighted by atomic mass is 28.4. The number of aryl methyl sites for hydroxylation is 3. The molecule has 0 unspecified atom stereocenters. The zero-order chi connectivity index (χ0) is 40.6. The highest BCUT2D eigenvalue weighted by Crippen LogP contribution is 2.37. The van der Waals surface area contributed by atoms with Crippen LogP contribution in [0.3, 0.4) is 0 Å². The molecule has 3 aliphatic heterocycles. The van der Waals surface area contributed by atoms with Crippen molar-refractivity contribution < 1.29 is 28.5 Å². The Hall–Kier alpha value is -5.03. The maximum atomic E-state index is 9.06. The van der Waals surface area contributed by atoms with Gasteiger partial charge in [-0.05, 0) is 44.5 Å². The topological polar surface area (TPSA) is 181 Å². The van der Waals surface area contributed by atoms with Gasteiger partial charge >= 0.3 is 0 Å². The minimum absolute atomic E-state index is 0.101. The molecule has 0 bridgehead atoms. The number of hydrogen-bond acceptors (Lipinski definition) is 15. The van der Waals surface area contributed by atoms with Crippen molar-refractivity contribution in [3.05, 3.63) is 87.1 Å². The van der Waals surface area contributed by atoms with Crippen molar-refractivity contribution in [1.29, 1.82) is 0 Å². The predicted octanol–water partition coefficient (Wildman–Crippen LogP) is 5.52. The lowest BCUT2D eigenvalue weighted by Gasteiger charge is -2.36. The average Bonchev–Trinajstić information content (AvgIpc) is 3.90. The zero-order valence-corrected chi connectivity index (χ0v) is 35.3. The highest BCUT2D eigenvalue weighted by Gasteiger charge is 2.38. The minimum Gasteiger partial charge on any atom is -0.480 e. The molecule has 56 heavy (non-hydrogen) atoms. The third-order valence-electron chi connectivity index (χ3n) is 9.77. The summed E-state index contributed by atoms with van der Waals surface area (Å²) >= 11 is 0. The molecule has 0 atom stereocenters.